The van der Waals surface area contributed by atoms with Gasteiger partial charge < -0.3 is 10.2 Å². The number of amides is 2. The average molecular weight is 435 g/mol. The molecule has 0 saturated carbocycles. The normalized spacial score (nSPS) is 14.6. The maximum Gasteiger partial charge on any atom is 0.272 e. The fourth-order valence-electron chi connectivity index (χ4n) is 3.95. The number of rotatable bonds is 7. The van der Waals surface area contributed by atoms with Gasteiger partial charge in [0, 0.05) is 31.7 Å². The quantitative estimate of drug-likeness (QED) is 0.615. The molecule has 2 amide bonds. The maximum atomic E-state index is 13.5. The number of carbonyl (C=O) groups is 2. The summed E-state index contributed by atoms with van der Waals surface area (Å²) in [6, 6.07) is 17.9. The van der Waals surface area contributed by atoms with Crippen molar-refractivity contribution in [1.29, 1.82) is 0 Å². The molecule has 2 heterocycles. The van der Waals surface area contributed by atoms with Gasteiger partial charge in [-0.25, -0.2) is 4.39 Å². The molecular weight excluding hydrogens is 407 g/mol. The highest BCUT2D eigenvalue weighted by atomic mass is 19.1. The summed E-state index contributed by atoms with van der Waals surface area (Å²) >= 11 is 0. The summed E-state index contributed by atoms with van der Waals surface area (Å²) in [5, 5.41) is 7.37. The minimum Gasteiger partial charge on any atom is -0.348 e. The molecule has 1 aliphatic heterocycles. The fourth-order valence-corrected chi connectivity index (χ4v) is 3.95. The second-order valence-corrected chi connectivity index (χ2v) is 8.25. The molecule has 0 fully saturated rings. The SMILES string of the molecule is C[C@H](CCc1ccccc1)NC(=O)c1cc2n(n1)CCCN(Cc1cccc(F)c1)C2=O. The van der Waals surface area contributed by atoms with Crippen LogP contribution in [0.1, 0.15) is 51.9 Å². The smallest absolute Gasteiger partial charge is 0.272 e. The molecule has 0 aliphatic carbocycles. The van der Waals surface area contributed by atoms with Gasteiger partial charge in [0.05, 0.1) is 0 Å². The lowest BCUT2D eigenvalue weighted by atomic mass is 10.1. The molecule has 7 heteroatoms. The van der Waals surface area contributed by atoms with Gasteiger partial charge in [0.1, 0.15) is 11.5 Å². The van der Waals surface area contributed by atoms with E-state index in [4.69, 9.17) is 0 Å². The first-order valence-corrected chi connectivity index (χ1v) is 11.0. The zero-order chi connectivity index (χ0) is 22.5. The van der Waals surface area contributed by atoms with Gasteiger partial charge in [0.25, 0.3) is 11.8 Å². The first-order chi connectivity index (χ1) is 15.5. The Morgan fingerprint density at radius 1 is 1.09 bits per heavy atom. The van der Waals surface area contributed by atoms with Gasteiger partial charge in [0.2, 0.25) is 0 Å². The van der Waals surface area contributed by atoms with E-state index in [1.165, 1.54) is 17.7 Å². The Balaban J connectivity index is 1.40. The molecule has 1 N–H and O–H groups in total. The van der Waals surface area contributed by atoms with Gasteiger partial charge in [-0.1, -0.05) is 42.5 Å². The molecule has 1 aliphatic rings. The van der Waals surface area contributed by atoms with Crippen LogP contribution < -0.4 is 5.32 Å². The Bertz CT molecular complexity index is 1100. The number of fused-ring (bicyclic) bond motifs is 1. The highest BCUT2D eigenvalue weighted by molar-refractivity contribution is 5.98. The molecule has 166 valence electrons. The van der Waals surface area contributed by atoms with Crippen LogP contribution in [0, 0.1) is 5.82 Å². The van der Waals surface area contributed by atoms with Crippen molar-refractivity contribution >= 4 is 11.8 Å². The maximum absolute atomic E-state index is 13.5. The predicted octanol–water partition coefficient (Wildman–Crippen LogP) is 3.82. The van der Waals surface area contributed by atoms with Crippen LogP contribution in [-0.4, -0.2) is 39.1 Å². The monoisotopic (exact) mass is 434 g/mol. The standard InChI is InChI=1S/C25H27FN4O2/c1-18(11-12-19-7-3-2-4-8-19)27-24(31)22-16-23-25(32)29(13-6-14-30(23)28-22)17-20-9-5-10-21(26)15-20/h2-5,7-10,15-16,18H,6,11-14,17H2,1H3,(H,27,31)/t18-/m1/s1. The van der Waals surface area contributed by atoms with E-state index in [1.54, 1.807) is 27.8 Å². The molecule has 6 nitrogen and oxygen atoms in total. The second-order valence-electron chi connectivity index (χ2n) is 8.25. The first-order valence-electron chi connectivity index (χ1n) is 11.0. The molecule has 1 aromatic heterocycles. The van der Waals surface area contributed by atoms with Gasteiger partial charge >= 0.3 is 0 Å². The summed E-state index contributed by atoms with van der Waals surface area (Å²) in [7, 11) is 0. The summed E-state index contributed by atoms with van der Waals surface area (Å²) in [6.45, 7) is 3.39. The minimum atomic E-state index is -0.324. The largest absolute Gasteiger partial charge is 0.348 e. The number of carbonyl (C=O) groups excluding carboxylic acids is 2. The van der Waals surface area contributed by atoms with Crippen LogP contribution in [0.4, 0.5) is 4.39 Å². The molecule has 4 rings (SSSR count). The minimum absolute atomic E-state index is 0.0237. The van der Waals surface area contributed by atoms with Gasteiger partial charge in [-0.2, -0.15) is 5.10 Å². The molecule has 0 spiro atoms. The van der Waals surface area contributed by atoms with E-state index in [0.29, 0.717) is 31.7 Å². The second kappa shape index (κ2) is 9.77. The Morgan fingerprint density at radius 2 is 1.88 bits per heavy atom. The van der Waals surface area contributed by atoms with Gasteiger partial charge in [-0.15, -0.1) is 0 Å². The molecule has 3 aromatic rings. The topological polar surface area (TPSA) is 67.2 Å². The lowest BCUT2D eigenvalue weighted by Crippen LogP contribution is -2.33. The fraction of sp³-hybridized carbons (Fsp3) is 0.320. The van der Waals surface area contributed by atoms with Crippen LogP contribution in [0.2, 0.25) is 0 Å². The first kappa shape index (κ1) is 21.7. The third kappa shape index (κ3) is 5.22. The third-order valence-corrected chi connectivity index (χ3v) is 5.67. The van der Waals surface area contributed by atoms with Crippen LogP contribution in [-0.2, 0) is 19.5 Å². The number of aryl methyl sites for hydroxylation is 2. The summed E-state index contributed by atoms with van der Waals surface area (Å²) < 4.78 is 15.1. The number of nitrogens with zero attached hydrogens (tertiary/aromatic N) is 3. The van der Waals surface area contributed by atoms with Gasteiger partial charge in [-0.3, -0.25) is 14.3 Å². The summed E-state index contributed by atoms with van der Waals surface area (Å²) in [5.41, 5.74) is 2.59. The predicted molar refractivity (Wildman–Crippen MR) is 120 cm³/mol. The van der Waals surface area contributed by atoms with Crippen molar-refractivity contribution in [2.24, 2.45) is 0 Å². The van der Waals surface area contributed by atoms with Crippen LogP contribution in [0.3, 0.4) is 0 Å². The Morgan fingerprint density at radius 3 is 2.66 bits per heavy atom. The molecule has 0 radical (unpaired) electrons. The molecule has 0 unspecified atom stereocenters. The summed E-state index contributed by atoms with van der Waals surface area (Å²) in [5.74, 6) is -0.804. The Kier molecular flexibility index (Phi) is 6.63. The van der Waals surface area contributed by atoms with E-state index in [2.05, 4.69) is 22.5 Å². The van der Waals surface area contributed by atoms with Gasteiger partial charge in [-0.05, 0) is 49.4 Å². The lowest BCUT2D eigenvalue weighted by molar-refractivity contribution is 0.0745. The van der Waals surface area contributed by atoms with Crippen molar-refractivity contribution in [1.82, 2.24) is 20.0 Å². The summed E-state index contributed by atoms with van der Waals surface area (Å²) in [4.78, 5) is 27.5. The molecular formula is C25H27FN4O2. The van der Waals surface area contributed by atoms with Crippen LogP contribution in [0.25, 0.3) is 0 Å². The molecule has 2 aromatic carbocycles. The van der Waals surface area contributed by atoms with Crippen molar-refractivity contribution in [3.8, 4) is 0 Å². The highest BCUT2D eigenvalue weighted by Crippen LogP contribution is 2.17. The van der Waals surface area contributed by atoms with Crippen molar-refractivity contribution in [2.45, 2.75) is 45.3 Å². The molecule has 0 saturated heterocycles. The molecule has 32 heavy (non-hydrogen) atoms. The van der Waals surface area contributed by atoms with E-state index in [9.17, 15) is 14.0 Å². The lowest BCUT2D eigenvalue weighted by Gasteiger charge is -2.20. The number of benzene rings is 2. The average Bonchev–Trinajstić information content (AvgIpc) is 3.16. The number of aromatic nitrogens is 2. The van der Waals surface area contributed by atoms with Crippen LogP contribution >= 0.6 is 0 Å². The zero-order valence-electron chi connectivity index (χ0n) is 18.1. The van der Waals surface area contributed by atoms with Crippen molar-refractivity contribution in [3.63, 3.8) is 0 Å². The number of nitrogens with one attached hydrogen (secondary N) is 1. The summed E-state index contributed by atoms with van der Waals surface area (Å²) in [6.07, 6.45) is 2.39. The highest BCUT2D eigenvalue weighted by Gasteiger charge is 2.26. The van der Waals surface area contributed by atoms with Crippen LogP contribution in [0.15, 0.2) is 60.7 Å². The zero-order valence-corrected chi connectivity index (χ0v) is 18.1. The number of halogens is 1. The van der Waals surface area contributed by atoms with Gasteiger partial charge in [0.15, 0.2) is 5.69 Å². The molecule has 0 bridgehead atoms. The Hall–Kier alpha value is -3.48. The van der Waals surface area contributed by atoms with E-state index in [-0.39, 0.29) is 29.4 Å². The van der Waals surface area contributed by atoms with Crippen molar-refractivity contribution in [2.75, 3.05) is 6.54 Å². The third-order valence-electron chi connectivity index (χ3n) is 5.67. The number of hydrogen-bond donors (Lipinski definition) is 1. The molecule has 1 atom stereocenters. The van der Waals surface area contributed by atoms with E-state index < -0.39 is 0 Å². The van der Waals surface area contributed by atoms with E-state index in [0.717, 1.165) is 18.4 Å². The van der Waals surface area contributed by atoms with Crippen LogP contribution in [0.5, 0.6) is 0 Å². The number of hydrogen-bond acceptors (Lipinski definition) is 3. The van der Waals surface area contributed by atoms with Crippen molar-refractivity contribution < 1.29 is 14.0 Å². The van der Waals surface area contributed by atoms with E-state index in [1.807, 2.05) is 25.1 Å². The van der Waals surface area contributed by atoms with E-state index >= 15 is 0 Å². The van der Waals surface area contributed by atoms with Crippen molar-refractivity contribution in [3.05, 3.63) is 89.0 Å². The Labute approximate surface area is 187 Å².